The van der Waals surface area contributed by atoms with Gasteiger partial charge in [-0.2, -0.15) is 0 Å². The van der Waals surface area contributed by atoms with Crippen LogP contribution in [0.4, 0.5) is 4.79 Å². The zero-order chi connectivity index (χ0) is 12.7. The number of hydrogen-bond donors (Lipinski definition) is 2. The molecular weight excluding hydrogens is 216 g/mol. The molecule has 1 aliphatic rings. The Morgan fingerprint density at radius 3 is 2.88 bits per heavy atom. The molecule has 0 radical (unpaired) electrons. The molecule has 0 aliphatic carbocycles. The monoisotopic (exact) mass is 242 g/mol. The van der Waals surface area contributed by atoms with Crippen LogP contribution in [0.1, 0.15) is 46.0 Å². The summed E-state index contributed by atoms with van der Waals surface area (Å²) in [5.74, 6) is 0.274. The van der Waals surface area contributed by atoms with Crippen LogP contribution in [0.3, 0.4) is 0 Å². The van der Waals surface area contributed by atoms with Crippen molar-refractivity contribution in [2.45, 2.75) is 52.0 Å². The van der Waals surface area contributed by atoms with Gasteiger partial charge < -0.3 is 15.3 Å². The van der Waals surface area contributed by atoms with E-state index in [2.05, 4.69) is 19.2 Å². The van der Waals surface area contributed by atoms with Gasteiger partial charge in [-0.1, -0.05) is 26.2 Å². The molecule has 1 fully saturated rings. The molecule has 0 aromatic heterocycles. The molecule has 0 aromatic carbocycles. The largest absolute Gasteiger partial charge is 0.396 e. The summed E-state index contributed by atoms with van der Waals surface area (Å²) in [5, 5.41) is 12.1. The van der Waals surface area contributed by atoms with Crippen molar-refractivity contribution in [3.05, 3.63) is 0 Å². The van der Waals surface area contributed by atoms with E-state index >= 15 is 0 Å². The van der Waals surface area contributed by atoms with Gasteiger partial charge >= 0.3 is 6.03 Å². The molecule has 1 rings (SSSR count). The topological polar surface area (TPSA) is 52.6 Å². The van der Waals surface area contributed by atoms with Gasteiger partial charge in [0, 0.05) is 31.7 Å². The molecule has 17 heavy (non-hydrogen) atoms. The van der Waals surface area contributed by atoms with Gasteiger partial charge in [0.15, 0.2) is 0 Å². The van der Waals surface area contributed by atoms with Gasteiger partial charge in [0.2, 0.25) is 0 Å². The molecule has 0 spiro atoms. The quantitative estimate of drug-likeness (QED) is 0.700. The molecular formula is C13H26N2O2. The van der Waals surface area contributed by atoms with Crippen molar-refractivity contribution in [1.82, 2.24) is 10.2 Å². The number of unbranched alkanes of at least 4 members (excludes halogenated alkanes) is 2. The highest BCUT2D eigenvalue weighted by Crippen LogP contribution is 2.15. The lowest BCUT2D eigenvalue weighted by Gasteiger charge is -2.20. The van der Waals surface area contributed by atoms with E-state index in [0.717, 1.165) is 19.4 Å². The lowest BCUT2D eigenvalue weighted by Crippen LogP contribution is -2.42. The first kappa shape index (κ1) is 14.3. The number of aliphatic hydroxyl groups excluding tert-OH is 1. The Balaban J connectivity index is 2.20. The van der Waals surface area contributed by atoms with E-state index in [-0.39, 0.29) is 24.6 Å². The standard InChI is InChI=1S/C13H26N2O2/c1-3-4-5-6-11(2)14-13(17)15-8-7-12(9-15)10-16/h11-12,16H,3-10H2,1-2H3,(H,14,17). The average molecular weight is 242 g/mol. The molecule has 2 atom stereocenters. The van der Waals surface area contributed by atoms with Gasteiger partial charge in [0.05, 0.1) is 0 Å². The van der Waals surface area contributed by atoms with E-state index in [1.807, 2.05) is 4.90 Å². The number of carbonyl (C=O) groups excluding carboxylic acids is 1. The number of rotatable bonds is 6. The Kier molecular flexibility index (Phi) is 6.34. The van der Waals surface area contributed by atoms with Crippen molar-refractivity contribution >= 4 is 6.03 Å². The first-order chi connectivity index (χ1) is 8.17. The Morgan fingerprint density at radius 2 is 2.29 bits per heavy atom. The van der Waals surface area contributed by atoms with Crippen molar-refractivity contribution in [1.29, 1.82) is 0 Å². The van der Waals surface area contributed by atoms with E-state index in [9.17, 15) is 4.79 Å². The van der Waals surface area contributed by atoms with Crippen molar-refractivity contribution in [3.63, 3.8) is 0 Å². The van der Waals surface area contributed by atoms with E-state index in [1.165, 1.54) is 19.3 Å². The number of urea groups is 1. The highest BCUT2D eigenvalue weighted by atomic mass is 16.3. The number of nitrogens with one attached hydrogen (secondary N) is 1. The lowest BCUT2D eigenvalue weighted by atomic mass is 10.1. The second-order valence-corrected chi connectivity index (χ2v) is 5.13. The van der Waals surface area contributed by atoms with Gasteiger partial charge in [-0.25, -0.2) is 4.79 Å². The molecule has 0 saturated carbocycles. The number of nitrogens with zero attached hydrogens (tertiary/aromatic N) is 1. The number of likely N-dealkylation sites (tertiary alicyclic amines) is 1. The minimum atomic E-state index is 0.0324. The lowest BCUT2D eigenvalue weighted by molar-refractivity contribution is 0.195. The molecule has 1 saturated heterocycles. The van der Waals surface area contributed by atoms with Crippen molar-refractivity contribution in [2.24, 2.45) is 5.92 Å². The molecule has 1 heterocycles. The van der Waals surface area contributed by atoms with Crippen molar-refractivity contribution < 1.29 is 9.90 Å². The average Bonchev–Trinajstić information content (AvgIpc) is 2.78. The number of amides is 2. The zero-order valence-corrected chi connectivity index (χ0v) is 11.1. The van der Waals surface area contributed by atoms with Crippen LogP contribution in [-0.4, -0.2) is 41.8 Å². The summed E-state index contributed by atoms with van der Waals surface area (Å²) in [6.07, 6.45) is 5.60. The van der Waals surface area contributed by atoms with E-state index in [4.69, 9.17) is 5.11 Å². The van der Waals surface area contributed by atoms with E-state index in [0.29, 0.717) is 6.54 Å². The maximum absolute atomic E-state index is 11.9. The first-order valence-corrected chi connectivity index (χ1v) is 6.83. The van der Waals surface area contributed by atoms with Crippen molar-refractivity contribution in [3.8, 4) is 0 Å². The maximum atomic E-state index is 11.9. The number of hydrogen-bond acceptors (Lipinski definition) is 2. The molecule has 4 nitrogen and oxygen atoms in total. The van der Waals surface area contributed by atoms with Gasteiger partial charge in [-0.15, -0.1) is 0 Å². The highest BCUT2D eigenvalue weighted by Gasteiger charge is 2.25. The fraction of sp³-hybridized carbons (Fsp3) is 0.923. The van der Waals surface area contributed by atoms with Gasteiger partial charge in [-0.3, -0.25) is 0 Å². The van der Waals surface area contributed by atoms with Crippen LogP contribution in [0, 0.1) is 5.92 Å². The molecule has 1 aliphatic heterocycles. The summed E-state index contributed by atoms with van der Waals surface area (Å²) in [4.78, 5) is 13.7. The molecule has 2 amide bonds. The predicted octanol–water partition coefficient (Wildman–Crippen LogP) is 1.98. The van der Waals surface area contributed by atoms with Crippen LogP contribution in [0.25, 0.3) is 0 Å². The van der Waals surface area contributed by atoms with Crippen LogP contribution < -0.4 is 5.32 Å². The zero-order valence-electron chi connectivity index (χ0n) is 11.1. The highest BCUT2D eigenvalue weighted by molar-refractivity contribution is 5.74. The fourth-order valence-corrected chi connectivity index (χ4v) is 2.24. The number of aliphatic hydroxyl groups is 1. The predicted molar refractivity (Wildman–Crippen MR) is 68.9 cm³/mol. The third-order valence-electron chi connectivity index (χ3n) is 3.44. The first-order valence-electron chi connectivity index (χ1n) is 6.83. The Bertz CT molecular complexity index is 233. The smallest absolute Gasteiger partial charge is 0.317 e. The normalized spacial score (nSPS) is 21.6. The van der Waals surface area contributed by atoms with Gasteiger partial charge in [-0.05, 0) is 19.8 Å². The van der Waals surface area contributed by atoms with E-state index < -0.39 is 0 Å². The maximum Gasteiger partial charge on any atom is 0.317 e. The molecule has 2 unspecified atom stereocenters. The second kappa shape index (κ2) is 7.54. The molecule has 0 bridgehead atoms. The third kappa shape index (κ3) is 4.94. The van der Waals surface area contributed by atoms with Crippen molar-refractivity contribution in [2.75, 3.05) is 19.7 Å². The van der Waals surface area contributed by atoms with Crippen LogP contribution in [-0.2, 0) is 0 Å². The summed E-state index contributed by atoms with van der Waals surface area (Å²) in [6, 6.07) is 0.284. The summed E-state index contributed by atoms with van der Waals surface area (Å²) >= 11 is 0. The molecule has 0 aromatic rings. The molecule has 2 N–H and O–H groups in total. The van der Waals surface area contributed by atoms with Crippen LogP contribution in [0.15, 0.2) is 0 Å². The summed E-state index contributed by atoms with van der Waals surface area (Å²) in [7, 11) is 0. The van der Waals surface area contributed by atoms with Crippen LogP contribution in [0.5, 0.6) is 0 Å². The number of carbonyl (C=O) groups is 1. The Hall–Kier alpha value is -0.770. The fourth-order valence-electron chi connectivity index (χ4n) is 2.24. The summed E-state index contributed by atoms with van der Waals surface area (Å²) < 4.78 is 0. The minimum Gasteiger partial charge on any atom is -0.396 e. The second-order valence-electron chi connectivity index (χ2n) is 5.13. The molecule has 4 heteroatoms. The van der Waals surface area contributed by atoms with E-state index in [1.54, 1.807) is 0 Å². The van der Waals surface area contributed by atoms with Gasteiger partial charge in [0.1, 0.15) is 0 Å². The SMILES string of the molecule is CCCCCC(C)NC(=O)N1CCC(CO)C1. The molecule has 100 valence electrons. The van der Waals surface area contributed by atoms with Crippen LogP contribution >= 0.6 is 0 Å². The van der Waals surface area contributed by atoms with Crippen LogP contribution in [0.2, 0.25) is 0 Å². The minimum absolute atomic E-state index is 0.0324. The summed E-state index contributed by atoms with van der Waals surface area (Å²) in [5.41, 5.74) is 0. The van der Waals surface area contributed by atoms with Gasteiger partial charge in [0.25, 0.3) is 0 Å². The summed E-state index contributed by atoms with van der Waals surface area (Å²) in [6.45, 7) is 5.91. The Labute approximate surface area is 104 Å². The Morgan fingerprint density at radius 1 is 1.53 bits per heavy atom. The third-order valence-corrected chi connectivity index (χ3v) is 3.44.